The first kappa shape index (κ1) is 43.8. The average molecular weight is 957 g/mol. The highest BCUT2D eigenvalue weighted by Gasteiger charge is 2.18. The van der Waals surface area contributed by atoms with Crippen molar-refractivity contribution in [3.63, 3.8) is 0 Å². The molecular formula is C72H48N2O. The van der Waals surface area contributed by atoms with Gasteiger partial charge in [-0.15, -0.1) is 0 Å². The van der Waals surface area contributed by atoms with Crippen LogP contribution in [0.3, 0.4) is 0 Å². The van der Waals surface area contributed by atoms with Crippen molar-refractivity contribution in [1.29, 1.82) is 0 Å². The lowest BCUT2D eigenvalue weighted by atomic mass is 9.91. The van der Waals surface area contributed by atoms with E-state index in [1.165, 1.54) is 55.2 Å². The summed E-state index contributed by atoms with van der Waals surface area (Å²) in [5, 5.41) is 4.70. The van der Waals surface area contributed by atoms with Crippen molar-refractivity contribution in [1.82, 2.24) is 4.57 Å². The molecule has 0 aliphatic heterocycles. The fourth-order valence-corrected chi connectivity index (χ4v) is 11.1. The number of nitrogens with zero attached hydrogens (tertiary/aromatic N) is 2. The first-order chi connectivity index (χ1) is 37.2. The third kappa shape index (κ3) is 8.04. The van der Waals surface area contributed by atoms with Crippen molar-refractivity contribution in [3.05, 3.63) is 291 Å². The molecule has 352 valence electrons. The summed E-state index contributed by atoms with van der Waals surface area (Å²) in [5.41, 5.74) is 22.5. The largest absolute Gasteiger partial charge is 0.455 e. The Balaban J connectivity index is 0.789. The number of anilines is 3. The van der Waals surface area contributed by atoms with Gasteiger partial charge in [-0.25, -0.2) is 0 Å². The summed E-state index contributed by atoms with van der Waals surface area (Å²) in [6.45, 7) is 0. The summed E-state index contributed by atoms with van der Waals surface area (Å²) in [6.07, 6.45) is 0. The van der Waals surface area contributed by atoms with Crippen LogP contribution in [0.4, 0.5) is 17.1 Å². The van der Waals surface area contributed by atoms with E-state index in [1.807, 2.05) is 6.07 Å². The number of aromatic nitrogens is 1. The van der Waals surface area contributed by atoms with Gasteiger partial charge in [-0.2, -0.15) is 0 Å². The van der Waals surface area contributed by atoms with E-state index in [4.69, 9.17) is 4.42 Å². The molecule has 0 atom stereocenters. The molecule has 2 aromatic heterocycles. The first-order valence-corrected chi connectivity index (χ1v) is 25.6. The van der Waals surface area contributed by atoms with Crippen molar-refractivity contribution < 1.29 is 4.42 Å². The Morgan fingerprint density at radius 2 is 0.680 bits per heavy atom. The molecule has 0 aliphatic rings. The standard InChI is InChI=1S/C72H48N2O/c1-4-15-49(16-5-1)53-35-40-62(41-36-53)73(60-17-6-2-7-18-60)63-42-37-54(38-43-63)52-29-27-50(28-30-52)51-31-33-55(34-32-51)57-45-58(47-59(46-57)64-23-14-24-67-66-22-11-13-26-71(66)75-72(64)67)56-39-44-70-68(48-56)65-21-10-12-25-69(65)74(70)61-19-8-3-9-20-61/h1-48H. The van der Waals surface area contributed by atoms with Gasteiger partial charge in [-0.05, 0) is 152 Å². The van der Waals surface area contributed by atoms with Crippen LogP contribution in [0, 0.1) is 0 Å². The topological polar surface area (TPSA) is 21.3 Å². The number of para-hydroxylation sites is 5. The van der Waals surface area contributed by atoms with Crippen LogP contribution in [-0.4, -0.2) is 4.57 Å². The van der Waals surface area contributed by atoms with Gasteiger partial charge in [-0.1, -0.05) is 200 Å². The molecule has 0 spiro atoms. The van der Waals surface area contributed by atoms with Gasteiger partial charge in [0.2, 0.25) is 0 Å². The predicted molar refractivity (Wildman–Crippen MR) is 315 cm³/mol. The van der Waals surface area contributed by atoms with Crippen LogP contribution < -0.4 is 4.90 Å². The lowest BCUT2D eigenvalue weighted by molar-refractivity contribution is 0.670. The molecule has 0 N–H and O–H groups in total. The van der Waals surface area contributed by atoms with E-state index in [9.17, 15) is 0 Å². The van der Waals surface area contributed by atoms with Gasteiger partial charge in [0.05, 0.1) is 11.0 Å². The minimum atomic E-state index is 0.894. The maximum Gasteiger partial charge on any atom is 0.143 e. The average Bonchev–Trinajstić information content (AvgIpc) is 4.04. The SMILES string of the molecule is c1ccc(-c2ccc(N(c3ccccc3)c3ccc(-c4ccc(-c5ccc(-c6cc(-c7ccc8c(c7)c7ccccc7n8-c7ccccc7)cc(-c7cccc8c7oc7ccccc78)c6)cc5)cc4)cc3)cc2)cc1. The summed E-state index contributed by atoms with van der Waals surface area (Å²) in [5.74, 6) is 0. The molecule has 14 rings (SSSR count). The second-order valence-electron chi connectivity index (χ2n) is 19.3. The van der Waals surface area contributed by atoms with Crippen LogP contribution in [0.25, 0.3) is 116 Å². The van der Waals surface area contributed by atoms with E-state index >= 15 is 0 Å². The minimum Gasteiger partial charge on any atom is -0.455 e. The second-order valence-corrected chi connectivity index (χ2v) is 19.3. The summed E-state index contributed by atoms with van der Waals surface area (Å²) in [6, 6.07) is 105. The number of rotatable bonds is 10. The van der Waals surface area contributed by atoms with Gasteiger partial charge < -0.3 is 13.9 Å². The van der Waals surface area contributed by atoms with E-state index in [0.29, 0.717) is 0 Å². The van der Waals surface area contributed by atoms with E-state index in [2.05, 4.69) is 295 Å². The highest BCUT2D eigenvalue weighted by Crippen LogP contribution is 2.42. The normalized spacial score (nSPS) is 11.5. The number of fused-ring (bicyclic) bond motifs is 6. The molecule has 0 unspecified atom stereocenters. The summed E-state index contributed by atoms with van der Waals surface area (Å²) < 4.78 is 9.01. The molecular weight excluding hydrogens is 909 g/mol. The molecule has 75 heavy (non-hydrogen) atoms. The molecule has 3 nitrogen and oxygen atoms in total. The molecule has 14 aromatic rings. The number of hydrogen-bond acceptors (Lipinski definition) is 2. The first-order valence-electron chi connectivity index (χ1n) is 25.6. The van der Waals surface area contributed by atoms with Gasteiger partial charge in [0, 0.05) is 49.9 Å². The summed E-state index contributed by atoms with van der Waals surface area (Å²) >= 11 is 0. The quantitative estimate of drug-likeness (QED) is 0.136. The van der Waals surface area contributed by atoms with Crippen LogP contribution in [0.2, 0.25) is 0 Å². The van der Waals surface area contributed by atoms with Crippen molar-refractivity contribution in [3.8, 4) is 72.4 Å². The van der Waals surface area contributed by atoms with Gasteiger partial charge >= 0.3 is 0 Å². The number of furan rings is 1. The van der Waals surface area contributed by atoms with Crippen LogP contribution in [0.1, 0.15) is 0 Å². The molecule has 2 heterocycles. The lowest BCUT2D eigenvalue weighted by Gasteiger charge is -2.26. The fraction of sp³-hybridized carbons (Fsp3) is 0. The van der Waals surface area contributed by atoms with Crippen LogP contribution >= 0.6 is 0 Å². The predicted octanol–water partition coefficient (Wildman–Crippen LogP) is 20.2. The minimum absolute atomic E-state index is 0.894. The van der Waals surface area contributed by atoms with Crippen LogP contribution in [0.15, 0.2) is 296 Å². The third-order valence-corrected chi connectivity index (χ3v) is 14.8. The highest BCUT2D eigenvalue weighted by molar-refractivity contribution is 6.12. The van der Waals surface area contributed by atoms with Gasteiger partial charge in [0.1, 0.15) is 11.2 Å². The Kier molecular flexibility index (Phi) is 10.8. The van der Waals surface area contributed by atoms with E-state index in [1.54, 1.807) is 0 Å². The molecule has 0 bridgehead atoms. The molecule has 0 saturated carbocycles. The maximum absolute atomic E-state index is 6.64. The van der Waals surface area contributed by atoms with E-state index in [0.717, 1.165) is 78.1 Å². The van der Waals surface area contributed by atoms with Crippen LogP contribution in [-0.2, 0) is 0 Å². The second kappa shape index (κ2) is 18.6. The molecule has 0 amide bonds. The highest BCUT2D eigenvalue weighted by atomic mass is 16.3. The molecule has 0 saturated heterocycles. The molecule has 0 radical (unpaired) electrons. The summed E-state index contributed by atoms with van der Waals surface area (Å²) in [7, 11) is 0. The molecule has 0 aliphatic carbocycles. The van der Waals surface area contributed by atoms with Crippen molar-refractivity contribution in [2.75, 3.05) is 4.90 Å². The van der Waals surface area contributed by atoms with Crippen molar-refractivity contribution in [2.24, 2.45) is 0 Å². The van der Waals surface area contributed by atoms with Crippen molar-refractivity contribution in [2.45, 2.75) is 0 Å². The van der Waals surface area contributed by atoms with Gasteiger partial charge in [-0.3, -0.25) is 0 Å². The Hall–Kier alpha value is -9.96. The summed E-state index contributed by atoms with van der Waals surface area (Å²) in [4.78, 5) is 2.31. The molecule has 3 heteroatoms. The lowest BCUT2D eigenvalue weighted by Crippen LogP contribution is -2.09. The van der Waals surface area contributed by atoms with Crippen molar-refractivity contribution >= 4 is 60.8 Å². The van der Waals surface area contributed by atoms with Gasteiger partial charge in [0.15, 0.2) is 0 Å². The fourth-order valence-electron chi connectivity index (χ4n) is 11.1. The number of hydrogen-bond donors (Lipinski definition) is 0. The van der Waals surface area contributed by atoms with E-state index in [-0.39, 0.29) is 0 Å². The molecule has 12 aromatic carbocycles. The Labute approximate surface area is 436 Å². The van der Waals surface area contributed by atoms with E-state index < -0.39 is 0 Å². The molecule has 0 fully saturated rings. The zero-order valence-corrected chi connectivity index (χ0v) is 41.0. The van der Waals surface area contributed by atoms with Crippen LogP contribution in [0.5, 0.6) is 0 Å². The third-order valence-electron chi connectivity index (χ3n) is 14.8. The zero-order chi connectivity index (χ0) is 49.7. The Bertz CT molecular complexity index is 4350. The Morgan fingerprint density at radius 3 is 1.31 bits per heavy atom. The van der Waals surface area contributed by atoms with Gasteiger partial charge in [0.25, 0.3) is 0 Å². The monoisotopic (exact) mass is 956 g/mol. The smallest absolute Gasteiger partial charge is 0.143 e. The maximum atomic E-state index is 6.64. The number of benzene rings is 12. The zero-order valence-electron chi connectivity index (χ0n) is 41.0. The Morgan fingerprint density at radius 1 is 0.253 bits per heavy atom.